The summed E-state index contributed by atoms with van der Waals surface area (Å²) in [5.41, 5.74) is 6.59. The monoisotopic (exact) mass is 221 g/mol. The van der Waals surface area contributed by atoms with Crippen molar-refractivity contribution in [1.82, 2.24) is 9.97 Å². The molecule has 2 N–H and O–H groups in total. The van der Waals surface area contributed by atoms with E-state index in [-0.39, 0.29) is 0 Å². The third kappa shape index (κ3) is 2.07. The lowest BCUT2D eigenvalue weighted by atomic mass is 10.4. The van der Waals surface area contributed by atoms with Gasteiger partial charge in [0.2, 0.25) is 5.88 Å². The van der Waals surface area contributed by atoms with Crippen LogP contribution >= 0.6 is 11.3 Å². The smallest absolute Gasteiger partial charge is 0.249 e. The fraction of sp³-hybridized carbons (Fsp3) is 0.200. The Morgan fingerprint density at radius 2 is 2.33 bits per heavy atom. The molecule has 2 aromatic rings. The van der Waals surface area contributed by atoms with Crippen LogP contribution in [0.3, 0.4) is 0 Å². The zero-order chi connectivity index (χ0) is 10.7. The lowest BCUT2D eigenvalue weighted by Gasteiger charge is -1.96. The second-order valence-corrected chi connectivity index (χ2v) is 3.87. The topological polar surface area (TPSA) is 61.0 Å². The van der Waals surface area contributed by atoms with Crippen molar-refractivity contribution in [3.05, 3.63) is 24.4 Å². The molecule has 15 heavy (non-hydrogen) atoms. The quantitative estimate of drug-likeness (QED) is 0.863. The summed E-state index contributed by atoms with van der Waals surface area (Å²) in [6, 6.07) is 5.68. The van der Waals surface area contributed by atoms with Crippen LogP contribution in [0.15, 0.2) is 24.4 Å². The van der Waals surface area contributed by atoms with Crippen LogP contribution in [0.25, 0.3) is 10.7 Å². The van der Waals surface area contributed by atoms with Crippen molar-refractivity contribution in [3.8, 4) is 16.6 Å². The Kier molecular flexibility index (Phi) is 2.82. The van der Waals surface area contributed by atoms with Gasteiger partial charge in [-0.2, -0.15) is 4.98 Å². The molecule has 0 saturated heterocycles. The summed E-state index contributed by atoms with van der Waals surface area (Å²) in [6.07, 6.45) is 1.73. The number of nitrogens with two attached hydrogens (primary N) is 1. The predicted molar refractivity (Wildman–Crippen MR) is 60.9 cm³/mol. The number of hydrogen-bond acceptors (Lipinski definition) is 5. The van der Waals surface area contributed by atoms with Gasteiger partial charge >= 0.3 is 0 Å². The fourth-order valence-corrected chi connectivity index (χ4v) is 1.91. The zero-order valence-electron chi connectivity index (χ0n) is 8.30. The number of ether oxygens (including phenoxy) is 1. The first-order valence-corrected chi connectivity index (χ1v) is 5.43. The lowest BCUT2D eigenvalue weighted by Crippen LogP contribution is -1.94. The van der Waals surface area contributed by atoms with Crippen LogP contribution in [0, 0.1) is 0 Å². The van der Waals surface area contributed by atoms with Crippen molar-refractivity contribution >= 4 is 16.3 Å². The van der Waals surface area contributed by atoms with Crippen LogP contribution in [-0.2, 0) is 0 Å². The van der Waals surface area contributed by atoms with Crippen molar-refractivity contribution in [3.63, 3.8) is 0 Å². The second-order valence-electron chi connectivity index (χ2n) is 2.84. The molecule has 0 bridgehead atoms. The maximum atomic E-state index is 5.77. The summed E-state index contributed by atoms with van der Waals surface area (Å²) in [6.45, 7) is 2.47. The van der Waals surface area contributed by atoms with E-state index in [1.165, 1.54) is 11.3 Å². The van der Waals surface area contributed by atoms with Crippen molar-refractivity contribution in [1.29, 1.82) is 0 Å². The molecular formula is C10H11N3OS. The number of thiazole rings is 1. The molecule has 0 aliphatic rings. The molecule has 78 valence electrons. The number of nitrogen functional groups attached to an aromatic ring is 1. The van der Waals surface area contributed by atoms with E-state index < -0.39 is 0 Å². The molecule has 0 fully saturated rings. The number of hydrogen-bond donors (Lipinski definition) is 1. The van der Waals surface area contributed by atoms with Gasteiger partial charge in [-0.05, 0) is 19.1 Å². The van der Waals surface area contributed by atoms with Gasteiger partial charge in [-0.15, -0.1) is 0 Å². The molecule has 0 amide bonds. The second kappa shape index (κ2) is 4.27. The van der Waals surface area contributed by atoms with Gasteiger partial charge in [0.15, 0.2) is 5.00 Å². The Balaban J connectivity index is 2.34. The number of rotatable bonds is 3. The maximum absolute atomic E-state index is 5.77. The van der Waals surface area contributed by atoms with Crippen molar-refractivity contribution < 1.29 is 4.74 Å². The first-order chi connectivity index (χ1) is 7.31. The first kappa shape index (κ1) is 9.92. The molecule has 0 radical (unpaired) electrons. The fourth-order valence-electron chi connectivity index (χ4n) is 1.16. The average Bonchev–Trinajstić information content (AvgIpc) is 2.63. The number of anilines is 1. The lowest BCUT2D eigenvalue weighted by molar-refractivity contribution is 0.331. The van der Waals surface area contributed by atoms with Crippen LogP contribution in [0.4, 0.5) is 5.00 Å². The molecule has 0 unspecified atom stereocenters. The largest absolute Gasteiger partial charge is 0.476 e. The van der Waals surface area contributed by atoms with E-state index in [1.54, 1.807) is 6.20 Å². The van der Waals surface area contributed by atoms with Crippen molar-refractivity contribution in [2.45, 2.75) is 6.92 Å². The highest BCUT2D eigenvalue weighted by Gasteiger charge is 2.11. The van der Waals surface area contributed by atoms with E-state index in [0.29, 0.717) is 17.5 Å². The molecule has 2 rings (SSSR count). The molecule has 0 saturated carbocycles. The Hall–Kier alpha value is -1.62. The highest BCUT2D eigenvalue weighted by atomic mass is 32.1. The Labute approximate surface area is 91.8 Å². The zero-order valence-corrected chi connectivity index (χ0v) is 9.12. The Bertz CT molecular complexity index is 441. The average molecular weight is 221 g/mol. The predicted octanol–water partition coefficient (Wildman–Crippen LogP) is 2.19. The van der Waals surface area contributed by atoms with Gasteiger partial charge in [0, 0.05) is 6.20 Å². The normalized spacial score (nSPS) is 10.2. The van der Waals surface area contributed by atoms with Crippen LogP contribution in [-0.4, -0.2) is 16.6 Å². The molecule has 0 atom stereocenters. The minimum atomic E-state index is 0.503. The Morgan fingerprint density at radius 3 is 3.00 bits per heavy atom. The van der Waals surface area contributed by atoms with E-state index in [2.05, 4.69) is 9.97 Å². The third-order valence-corrected chi connectivity index (χ3v) is 2.67. The van der Waals surface area contributed by atoms with Crippen LogP contribution in [0.1, 0.15) is 6.92 Å². The van der Waals surface area contributed by atoms with Crippen LogP contribution in [0.2, 0.25) is 0 Å². The standard InChI is InChI=1S/C10H11N3OS/c1-2-14-9-8(11)15-10(13-9)7-5-3-4-6-12-7/h3-6H,2,11H2,1H3. The molecule has 2 aromatic heterocycles. The third-order valence-electron chi connectivity index (χ3n) is 1.79. The van der Waals surface area contributed by atoms with Crippen LogP contribution in [0.5, 0.6) is 5.88 Å². The van der Waals surface area contributed by atoms with Gasteiger partial charge in [-0.1, -0.05) is 17.4 Å². The summed E-state index contributed by atoms with van der Waals surface area (Å²) in [4.78, 5) is 8.48. The van der Waals surface area contributed by atoms with Crippen molar-refractivity contribution in [2.24, 2.45) is 0 Å². The van der Waals surface area contributed by atoms with Gasteiger partial charge in [0.05, 0.1) is 12.3 Å². The first-order valence-electron chi connectivity index (χ1n) is 4.61. The molecular weight excluding hydrogens is 210 g/mol. The summed E-state index contributed by atoms with van der Waals surface area (Å²) >= 11 is 1.39. The minimum Gasteiger partial charge on any atom is -0.476 e. The van der Waals surface area contributed by atoms with E-state index in [0.717, 1.165) is 10.7 Å². The SMILES string of the molecule is CCOc1nc(-c2ccccn2)sc1N. The highest BCUT2D eigenvalue weighted by molar-refractivity contribution is 7.19. The number of pyridine rings is 1. The summed E-state index contributed by atoms with van der Waals surface area (Å²) in [7, 11) is 0. The van der Waals surface area contributed by atoms with E-state index in [9.17, 15) is 0 Å². The molecule has 0 aliphatic carbocycles. The summed E-state index contributed by atoms with van der Waals surface area (Å²) < 4.78 is 5.29. The molecule has 0 aliphatic heterocycles. The van der Waals surface area contributed by atoms with Gasteiger partial charge in [0.1, 0.15) is 5.01 Å². The Morgan fingerprint density at radius 1 is 1.47 bits per heavy atom. The van der Waals surface area contributed by atoms with Crippen LogP contribution < -0.4 is 10.5 Å². The van der Waals surface area contributed by atoms with Gasteiger partial charge in [0.25, 0.3) is 0 Å². The summed E-state index contributed by atoms with van der Waals surface area (Å²) in [5.74, 6) is 0.503. The van der Waals surface area contributed by atoms with Gasteiger partial charge < -0.3 is 10.5 Å². The van der Waals surface area contributed by atoms with E-state index in [1.807, 2.05) is 25.1 Å². The van der Waals surface area contributed by atoms with E-state index in [4.69, 9.17) is 10.5 Å². The molecule has 0 aromatic carbocycles. The highest BCUT2D eigenvalue weighted by Crippen LogP contribution is 2.33. The van der Waals surface area contributed by atoms with Gasteiger partial charge in [-0.3, -0.25) is 4.98 Å². The van der Waals surface area contributed by atoms with Gasteiger partial charge in [-0.25, -0.2) is 0 Å². The van der Waals surface area contributed by atoms with E-state index >= 15 is 0 Å². The van der Waals surface area contributed by atoms with Crippen molar-refractivity contribution in [2.75, 3.05) is 12.3 Å². The summed E-state index contributed by atoms with van der Waals surface area (Å²) in [5, 5.41) is 1.38. The minimum absolute atomic E-state index is 0.503. The number of aromatic nitrogens is 2. The molecule has 2 heterocycles. The molecule has 4 nitrogen and oxygen atoms in total. The number of nitrogens with zero attached hydrogens (tertiary/aromatic N) is 2. The maximum Gasteiger partial charge on any atom is 0.249 e. The molecule has 5 heteroatoms. The molecule has 0 spiro atoms.